The van der Waals surface area contributed by atoms with E-state index in [-0.39, 0.29) is 33.6 Å². The number of benzene rings is 2. The maximum Gasteiger partial charge on any atom is 0.229 e. The van der Waals surface area contributed by atoms with Gasteiger partial charge in [-0.1, -0.05) is 6.07 Å². The van der Waals surface area contributed by atoms with E-state index < -0.39 is 54.2 Å². The molecule has 3 aromatic rings. The molecule has 1 saturated heterocycles. The summed E-state index contributed by atoms with van der Waals surface area (Å²) < 4.78 is 16.0. The van der Waals surface area contributed by atoms with Crippen LogP contribution in [0, 0.1) is 0 Å². The van der Waals surface area contributed by atoms with Gasteiger partial charge in [-0.25, -0.2) is 0 Å². The molecule has 5 atom stereocenters. The lowest BCUT2D eigenvalue weighted by Gasteiger charge is -2.39. The highest BCUT2D eigenvalue weighted by Gasteiger charge is 2.44. The summed E-state index contributed by atoms with van der Waals surface area (Å²) in [5, 5.41) is 68.7. The number of aliphatic hydroxyl groups is 4. The van der Waals surface area contributed by atoms with Crippen LogP contribution in [-0.4, -0.2) is 73.1 Å². The fraction of sp³-hybridized carbons (Fsp3) is 0.286. The summed E-state index contributed by atoms with van der Waals surface area (Å²) in [6.07, 6.45) is -6.46. The number of rotatable bonds is 4. The SMILES string of the molecule is O=c1c(-c2ccc(OC3OC(CO)C(O)C(O)C3O)c(O)c2)coc2cc(O)cc(O)c12. The molecule has 2 heterocycles. The molecule has 1 aromatic heterocycles. The van der Waals surface area contributed by atoms with Crippen LogP contribution in [0.1, 0.15) is 0 Å². The summed E-state index contributed by atoms with van der Waals surface area (Å²) in [6, 6.07) is 6.02. The third kappa shape index (κ3) is 3.72. The van der Waals surface area contributed by atoms with Crippen molar-refractivity contribution < 1.29 is 49.6 Å². The summed E-state index contributed by atoms with van der Waals surface area (Å²) in [5.41, 5.74) is -0.409. The van der Waals surface area contributed by atoms with Crippen molar-refractivity contribution in [2.45, 2.75) is 30.7 Å². The maximum absolute atomic E-state index is 12.8. The van der Waals surface area contributed by atoms with Gasteiger partial charge in [0.1, 0.15) is 53.1 Å². The van der Waals surface area contributed by atoms with E-state index in [4.69, 9.17) is 13.9 Å². The van der Waals surface area contributed by atoms with E-state index >= 15 is 0 Å². The first-order valence-corrected chi connectivity index (χ1v) is 9.49. The molecule has 1 fully saturated rings. The summed E-state index contributed by atoms with van der Waals surface area (Å²) in [6.45, 7) is -0.641. The zero-order valence-electron chi connectivity index (χ0n) is 16.3. The molecular formula is C21H20O11. The number of aromatic hydroxyl groups is 3. The minimum atomic E-state index is -1.67. The Kier molecular flexibility index (Phi) is 5.67. The van der Waals surface area contributed by atoms with Crippen LogP contribution in [0.4, 0.5) is 0 Å². The molecule has 11 nitrogen and oxygen atoms in total. The van der Waals surface area contributed by atoms with Crippen LogP contribution in [0.2, 0.25) is 0 Å². The Labute approximate surface area is 179 Å². The second kappa shape index (κ2) is 8.30. The summed E-state index contributed by atoms with van der Waals surface area (Å²) in [7, 11) is 0. The van der Waals surface area contributed by atoms with Gasteiger partial charge < -0.3 is 49.6 Å². The van der Waals surface area contributed by atoms with Crippen LogP contribution in [0.25, 0.3) is 22.1 Å². The molecule has 170 valence electrons. The van der Waals surface area contributed by atoms with Gasteiger partial charge in [-0.3, -0.25) is 4.79 Å². The Balaban J connectivity index is 1.64. The normalized spacial score (nSPS) is 25.7. The lowest BCUT2D eigenvalue weighted by atomic mass is 9.99. The van der Waals surface area contributed by atoms with Crippen molar-refractivity contribution in [2.75, 3.05) is 6.61 Å². The monoisotopic (exact) mass is 448 g/mol. The number of phenols is 3. The Morgan fingerprint density at radius 2 is 1.69 bits per heavy atom. The van der Waals surface area contributed by atoms with Gasteiger partial charge in [-0.05, 0) is 17.7 Å². The largest absolute Gasteiger partial charge is 0.508 e. The number of phenolic OH excluding ortho intramolecular Hbond substituents is 3. The highest BCUT2D eigenvalue weighted by molar-refractivity contribution is 5.88. The smallest absolute Gasteiger partial charge is 0.229 e. The molecular weight excluding hydrogens is 428 g/mol. The number of ether oxygens (including phenoxy) is 2. The van der Waals surface area contributed by atoms with E-state index in [0.717, 1.165) is 12.3 Å². The maximum atomic E-state index is 12.8. The standard InChI is InChI=1S/C21H20O11/c22-6-15-18(27)19(28)20(29)21(32-15)31-13-2-1-8(3-11(13)24)10-7-30-14-5-9(23)4-12(25)16(14)17(10)26/h1-5,7,15,18-25,27-29H,6H2. The molecule has 0 saturated carbocycles. The van der Waals surface area contributed by atoms with E-state index in [1.165, 1.54) is 24.3 Å². The molecule has 32 heavy (non-hydrogen) atoms. The van der Waals surface area contributed by atoms with Crippen LogP contribution in [0.3, 0.4) is 0 Å². The minimum absolute atomic E-state index is 0.00757. The van der Waals surface area contributed by atoms with Crippen LogP contribution in [-0.2, 0) is 4.74 Å². The lowest BCUT2D eigenvalue weighted by Crippen LogP contribution is -2.60. The van der Waals surface area contributed by atoms with Crippen LogP contribution < -0.4 is 10.2 Å². The van der Waals surface area contributed by atoms with E-state index in [2.05, 4.69) is 0 Å². The van der Waals surface area contributed by atoms with Crippen LogP contribution >= 0.6 is 0 Å². The average molecular weight is 448 g/mol. The predicted octanol–water partition coefficient (Wildman–Crippen LogP) is -0.245. The Morgan fingerprint density at radius 3 is 2.38 bits per heavy atom. The Morgan fingerprint density at radius 1 is 0.938 bits per heavy atom. The Hall–Kier alpha value is -3.35. The fourth-order valence-corrected chi connectivity index (χ4v) is 3.49. The number of hydrogen-bond donors (Lipinski definition) is 7. The quantitative estimate of drug-likeness (QED) is 0.279. The van der Waals surface area contributed by atoms with Crippen molar-refractivity contribution >= 4 is 11.0 Å². The van der Waals surface area contributed by atoms with E-state index in [1.54, 1.807) is 0 Å². The van der Waals surface area contributed by atoms with Gasteiger partial charge in [0.2, 0.25) is 11.7 Å². The number of aliphatic hydroxyl groups excluding tert-OH is 4. The third-order valence-electron chi connectivity index (χ3n) is 5.20. The zero-order valence-corrected chi connectivity index (χ0v) is 16.3. The van der Waals surface area contributed by atoms with Crippen molar-refractivity contribution in [2.24, 2.45) is 0 Å². The summed E-state index contributed by atoms with van der Waals surface area (Å²) in [5.74, 6) is -1.37. The van der Waals surface area contributed by atoms with Gasteiger partial charge in [0.15, 0.2) is 11.5 Å². The summed E-state index contributed by atoms with van der Waals surface area (Å²) >= 11 is 0. The van der Waals surface area contributed by atoms with E-state index in [1.807, 2.05) is 0 Å². The van der Waals surface area contributed by atoms with Crippen molar-refractivity contribution in [3.8, 4) is 34.1 Å². The molecule has 1 aliphatic rings. The lowest BCUT2D eigenvalue weighted by molar-refractivity contribution is -0.277. The van der Waals surface area contributed by atoms with Crippen molar-refractivity contribution in [1.29, 1.82) is 0 Å². The first-order chi connectivity index (χ1) is 15.2. The molecule has 0 bridgehead atoms. The van der Waals surface area contributed by atoms with Crippen LogP contribution in [0.15, 0.2) is 45.8 Å². The fourth-order valence-electron chi connectivity index (χ4n) is 3.49. The van der Waals surface area contributed by atoms with E-state index in [0.29, 0.717) is 0 Å². The number of fused-ring (bicyclic) bond motifs is 1. The van der Waals surface area contributed by atoms with Gasteiger partial charge in [0.05, 0.1) is 12.2 Å². The van der Waals surface area contributed by atoms with Gasteiger partial charge in [0.25, 0.3) is 0 Å². The Bertz CT molecular complexity index is 1200. The topological polar surface area (TPSA) is 190 Å². The van der Waals surface area contributed by atoms with Gasteiger partial charge >= 0.3 is 0 Å². The van der Waals surface area contributed by atoms with Crippen LogP contribution in [0.5, 0.6) is 23.0 Å². The first kappa shape index (κ1) is 21.9. The zero-order chi connectivity index (χ0) is 23.2. The molecule has 5 unspecified atom stereocenters. The van der Waals surface area contributed by atoms with Crippen molar-refractivity contribution in [1.82, 2.24) is 0 Å². The van der Waals surface area contributed by atoms with E-state index in [9.17, 15) is 40.5 Å². The molecule has 0 spiro atoms. The minimum Gasteiger partial charge on any atom is -0.508 e. The molecule has 0 radical (unpaired) electrons. The molecule has 11 heteroatoms. The molecule has 4 rings (SSSR count). The summed E-state index contributed by atoms with van der Waals surface area (Å²) in [4.78, 5) is 12.8. The third-order valence-corrected chi connectivity index (χ3v) is 5.20. The van der Waals surface area contributed by atoms with Gasteiger partial charge in [-0.15, -0.1) is 0 Å². The second-order valence-corrected chi connectivity index (χ2v) is 7.31. The molecule has 1 aliphatic heterocycles. The predicted molar refractivity (Wildman–Crippen MR) is 107 cm³/mol. The molecule has 0 aliphatic carbocycles. The highest BCUT2D eigenvalue weighted by Crippen LogP contribution is 2.35. The van der Waals surface area contributed by atoms with Gasteiger partial charge in [-0.2, -0.15) is 0 Å². The number of hydrogen-bond acceptors (Lipinski definition) is 11. The highest BCUT2D eigenvalue weighted by atomic mass is 16.7. The van der Waals surface area contributed by atoms with Gasteiger partial charge in [0, 0.05) is 12.1 Å². The molecule has 0 amide bonds. The first-order valence-electron chi connectivity index (χ1n) is 9.49. The van der Waals surface area contributed by atoms with Crippen molar-refractivity contribution in [3.05, 3.63) is 46.8 Å². The second-order valence-electron chi connectivity index (χ2n) is 7.31. The average Bonchev–Trinajstić information content (AvgIpc) is 2.75. The molecule has 2 aromatic carbocycles. The van der Waals surface area contributed by atoms with Crippen molar-refractivity contribution in [3.63, 3.8) is 0 Å². The molecule has 7 N–H and O–H groups in total.